The van der Waals surface area contributed by atoms with Crippen molar-refractivity contribution in [1.29, 1.82) is 0 Å². The zero-order valence-corrected chi connectivity index (χ0v) is 8.41. The number of hydrogen-bond donors (Lipinski definition) is 1. The number of hydrogen-bond acceptors (Lipinski definition) is 2. The van der Waals surface area contributed by atoms with Crippen LogP contribution in [0.2, 0.25) is 0 Å². The minimum Gasteiger partial charge on any atom is -0.333 e. The molecule has 0 aliphatic heterocycles. The van der Waals surface area contributed by atoms with Gasteiger partial charge in [-0.1, -0.05) is 0 Å². The molecule has 14 heavy (non-hydrogen) atoms. The van der Waals surface area contributed by atoms with Crippen LogP contribution < -0.4 is 5.73 Å². The van der Waals surface area contributed by atoms with Crippen LogP contribution in [0.1, 0.15) is 32.0 Å². The van der Waals surface area contributed by atoms with E-state index in [1.165, 1.54) is 0 Å². The Hall–Kier alpha value is -0.900. The second-order valence-electron chi connectivity index (χ2n) is 4.01. The molecule has 2 N–H and O–H groups in total. The van der Waals surface area contributed by atoms with Crippen molar-refractivity contribution in [2.75, 3.05) is 0 Å². The third kappa shape index (κ3) is 1.43. The topological polar surface area (TPSA) is 43.8 Å². The van der Waals surface area contributed by atoms with Crippen molar-refractivity contribution in [3.05, 3.63) is 18.2 Å². The van der Waals surface area contributed by atoms with Crippen molar-refractivity contribution >= 4 is 0 Å². The van der Waals surface area contributed by atoms with Gasteiger partial charge in [-0.2, -0.15) is 0 Å². The van der Waals surface area contributed by atoms with Gasteiger partial charge in [-0.25, -0.2) is 9.37 Å². The van der Waals surface area contributed by atoms with Gasteiger partial charge in [-0.15, -0.1) is 0 Å². The average molecular weight is 197 g/mol. The summed E-state index contributed by atoms with van der Waals surface area (Å²) >= 11 is 0. The molecule has 0 amide bonds. The normalized spacial score (nSPS) is 32.4. The Balaban J connectivity index is 2.30. The van der Waals surface area contributed by atoms with Gasteiger partial charge in [-0.3, -0.25) is 0 Å². The summed E-state index contributed by atoms with van der Waals surface area (Å²) in [6.45, 7) is 2.75. The summed E-state index contributed by atoms with van der Waals surface area (Å²) in [5.74, 6) is 0.549. The first-order valence-electron chi connectivity index (χ1n) is 5.12. The number of aryl methyl sites for hydroxylation is 1. The number of nitrogens with zero attached hydrogens (tertiary/aromatic N) is 2. The summed E-state index contributed by atoms with van der Waals surface area (Å²) in [6, 6.07) is -0.0120. The van der Waals surface area contributed by atoms with Crippen LogP contribution in [0.4, 0.5) is 4.39 Å². The van der Waals surface area contributed by atoms with E-state index in [1.807, 2.05) is 17.7 Å². The molecule has 1 aliphatic carbocycles. The summed E-state index contributed by atoms with van der Waals surface area (Å²) in [7, 11) is 0. The van der Waals surface area contributed by atoms with Crippen LogP contribution in [0.3, 0.4) is 0 Å². The highest BCUT2D eigenvalue weighted by Gasteiger charge is 2.42. The van der Waals surface area contributed by atoms with Crippen LogP contribution in [0.15, 0.2) is 12.4 Å². The Bertz CT molecular complexity index is 323. The van der Waals surface area contributed by atoms with Crippen molar-refractivity contribution in [1.82, 2.24) is 9.55 Å². The molecule has 1 heterocycles. The van der Waals surface area contributed by atoms with Crippen LogP contribution in [-0.4, -0.2) is 15.6 Å². The summed E-state index contributed by atoms with van der Waals surface area (Å²) in [4.78, 5) is 4.11. The van der Waals surface area contributed by atoms with Crippen LogP contribution >= 0.6 is 0 Å². The number of alkyl halides is 1. The van der Waals surface area contributed by atoms with E-state index in [1.54, 1.807) is 6.20 Å². The van der Waals surface area contributed by atoms with E-state index in [9.17, 15) is 4.39 Å². The van der Waals surface area contributed by atoms with E-state index < -0.39 is 5.67 Å². The van der Waals surface area contributed by atoms with E-state index in [0.29, 0.717) is 18.7 Å². The van der Waals surface area contributed by atoms with Gasteiger partial charge in [0.2, 0.25) is 0 Å². The quantitative estimate of drug-likeness (QED) is 0.782. The minimum absolute atomic E-state index is 0.0120. The SMILES string of the molecule is CCn1ccnc1C1(F)CCC(N)C1. The van der Waals surface area contributed by atoms with E-state index in [2.05, 4.69) is 4.98 Å². The first-order valence-corrected chi connectivity index (χ1v) is 5.12. The maximum Gasteiger partial charge on any atom is 0.169 e. The molecule has 1 aromatic rings. The largest absolute Gasteiger partial charge is 0.333 e. The Kier molecular flexibility index (Phi) is 2.31. The fourth-order valence-electron chi connectivity index (χ4n) is 2.19. The van der Waals surface area contributed by atoms with E-state index >= 15 is 0 Å². The zero-order valence-electron chi connectivity index (χ0n) is 8.41. The highest BCUT2D eigenvalue weighted by Crippen LogP contribution is 2.40. The van der Waals surface area contributed by atoms with Gasteiger partial charge in [-0.05, 0) is 19.8 Å². The Morgan fingerprint density at radius 3 is 3.14 bits per heavy atom. The lowest BCUT2D eigenvalue weighted by atomic mass is 10.0. The standard InChI is InChI=1S/C10H16FN3/c1-2-14-6-5-13-9(14)10(11)4-3-8(12)7-10/h5-6,8H,2-4,7,12H2,1H3. The number of halogens is 1. The zero-order chi connectivity index (χ0) is 10.2. The van der Waals surface area contributed by atoms with Gasteiger partial charge in [0.25, 0.3) is 0 Å². The fourth-order valence-corrected chi connectivity index (χ4v) is 2.19. The van der Waals surface area contributed by atoms with Crippen molar-refractivity contribution < 1.29 is 4.39 Å². The molecule has 4 heteroatoms. The molecule has 2 atom stereocenters. The summed E-state index contributed by atoms with van der Waals surface area (Å²) in [5, 5.41) is 0. The molecule has 2 rings (SSSR count). The molecule has 2 unspecified atom stereocenters. The van der Waals surface area contributed by atoms with E-state index in [0.717, 1.165) is 13.0 Å². The smallest absolute Gasteiger partial charge is 0.169 e. The van der Waals surface area contributed by atoms with Crippen molar-refractivity contribution in [3.8, 4) is 0 Å². The lowest BCUT2D eigenvalue weighted by Gasteiger charge is -2.19. The van der Waals surface area contributed by atoms with Gasteiger partial charge in [0, 0.05) is 31.4 Å². The summed E-state index contributed by atoms with van der Waals surface area (Å²) in [6.07, 6.45) is 5.15. The molecule has 1 fully saturated rings. The Labute approximate surface area is 83.1 Å². The summed E-state index contributed by atoms with van der Waals surface area (Å²) < 4.78 is 16.3. The Morgan fingerprint density at radius 2 is 2.57 bits per heavy atom. The minimum atomic E-state index is -1.29. The molecule has 78 valence electrons. The second kappa shape index (κ2) is 3.35. The molecular formula is C10H16FN3. The van der Waals surface area contributed by atoms with Crippen molar-refractivity contribution in [3.63, 3.8) is 0 Å². The number of aromatic nitrogens is 2. The van der Waals surface area contributed by atoms with Crippen LogP contribution in [0.5, 0.6) is 0 Å². The fraction of sp³-hybridized carbons (Fsp3) is 0.700. The molecular weight excluding hydrogens is 181 g/mol. The third-order valence-electron chi connectivity index (χ3n) is 2.95. The van der Waals surface area contributed by atoms with Crippen LogP contribution in [0, 0.1) is 0 Å². The van der Waals surface area contributed by atoms with E-state index in [4.69, 9.17) is 5.73 Å². The lowest BCUT2D eigenvalue weighted by molar-refractivity contribution is 0.153. The predicted octanol–water partition coefficient (Wildman–Crippen LogP) is 1.58. The molecule has 0 saturated heterocycles. The molecule has 1 aromatic heterocycles. The molecule has 0 spiro atoms. The maximum atomic E-state index is 14.4. The maximum absolute atomic E-state index is 14.4. The number of rotatable bonds is 2. The first kappa shape index (κ1) is 9.65. The molecule has 1 aliphatic rings. The van der Waals surface area contributed by atoms with Gasteiger partial charge >= 0.3 is 0 Å². The van der Waals surface area contributed by atoms with Crippen LogP contribution in [-0.2, 0) is 12.2 Å². The third-order valence-corrected chi connectivity index (χ3v) is 2.95. The number of nitrogens with two attached hydrogens (primary N) is 1. The van der Waals surface area contributed by atoms with Gasteiger partial charge in [0.15, 0.2) is 5.67 Å². The molecule has 0 bridgehead atoms. The second-order valence-corrected chi connectivity index (χ2v) is 4.01. The van der Waals surface area contributed by atoms with Crippen molar-refractivity contribution in [2.24, 2.45) is 5.73 Å². The Morgan fingerprint density at radius 1 is 1.79 bits per heavy atom. The molecule has 0 radical (unpaired) electrons. The predicted molar refractivity (Wildman–Crippen MR) is 52.5 cm³/mol. The lowest BCUT2D eigenvalue weighted by Crippen LogP contribution is -2.25. The van der Waals surface area contributed by atoms with Gasteiger partial charge < -0.3 is 10.3 Å². The molecule has 0 aromatic carbocycles. The van der Waals surface area contributed by atoms with Gasteiger partial charge in [0.05, 0.1) is 0 Å². The van der Waals surface area contributed by atoms with E-state index in [-0.39, 0.29) is 6.04 Å². The molecule has 1 saturated carbocycles. The average Bonchev–Trinajstić information content (AvgIpc) is 2.73. The summed E-state index contributed by atoms with van der Waals surface area (Å²) in [5.41, 5.74) is 4.44. The van der Waals surface area contributed by atoms with Crippen LogP contribution in [0.25, 0.3) is 0 Å². The van der Waals surface area contributed by atoms with Crippen molar-refractivity contribution in [2.45, 2.75) is 44.4 Å². The highest BCUT2D eigenvalue weighted by molar-refractivity contribution is 5.09. The molecule has 3 nitrogen and oxygen atoms in total. The first-order chi connectivity index (χ1) is 6.65. The number of imidazole rings is 1. The van der Waals surface area contributed by atoms with Gasteiger partial charge in [0.1, 0.15) is 5.82 Å². The monoisotopic (exact) mass is 197 g/mol. The highest BCUT2D eigenvalue weighted by atomic mass is 19.1.